The lowest BCUT2D eigenvalue weighted by Crippen LogP contribution is -2.32. The molecule has 2 rings (SSSR count). The van der Waals surface area contributed by atoms with Crippen molar-refractivity contribution in [3.05, 3.63) is 28.2 Å². The monoisotopic (exact) mass is 326 g/mol. The van der Waals surface area contributed by atoms with Crippen LogP contribution in [0.15, 0.2) is 22.7 Å². The molecule has 0 bridgehead atoms. The summed E-state index contributed by atoms with van der Waals surface area (Å²) in [6, 6.07) is 6.03. The second-order valence-corrected chi connectivity index (χ2v) is 5.78. The number of halogens is 1. The Morgan fingerprint density at radius 2 is 2.37 bits per heavy atom. The Hall–Kier alpha value is -1.07. The summed E-state index contributed by atoms with van der Waals surface area (Å²) in [7, 11) is 0. The highest BCUT2D eigenvalue weighted by molar-refractivity contribution is 9.10. The number of nitrogens with two attached hydrogens (primary N) is 1. The Labute approximate surface area is 122 Å². The molecule has 1 aromatic rings. The molecule has 1 heterocycles. The van der Waals surface area contributed by atoms with Crippen molar-refractivity contribution in [1.82, 2.24) is 4.90 Å². The van der Waals surface area contributed by atoms with Crippen LogP contribution in [-0.4, -0.2) is 36.5 Å². The Balaban J connectivity index is 1.78. The number of benzene rings is 1. The molecule has 104 valence electrons. The molecule has 5 heteroatoms. The number of ether oxygens (including phenoxy) is 1. The lowest BCUT2D eigenvalue weighted by molar-refractivity contribution is -0.130. The first-order chi connectivity index (χ1) is 9.06. The van der Waals surface area contributed by atoms with Crippen LogP contribution >= 0.6 is 15.9 Å². The van der Waals surface area contributed by atoms with Gasteiger partial charge in [-0.15, -0.1) is 0 Å². The third kappa shape index (κ3) is 3.94. The minimum atomic E-state index is 0.121. The third-order valence-corrected chi connectivity index (χ3v) is 3.86. The summed E-state index contributed by atoms with van der Waals surface area (Å²) in [5.74, 6) is 0.896. The van der Waals surface area contributed by atoms with E-state index in [4.69, 9.17) is 10.5 Å². The topological polar surface area (TPSA) is 55.6 Å². The van der Waals surface area contributed by atoms with Gasteiger partial charge in [-0.3, -0.25) is 4.79 Å². The molecule has 0 aromatic heterocycles. The molecule has 0 radical (unpaired) electrons. The molecule has 0 unspecified atom stereocenters. The fourth-order valence-corrected chi connectivity index (χ4v) is 2.75. The number of carbonyl (C=O) groups is 1. The van der Waals surface area contributed by atoms with E-state index < -0.39 is 0 Å². The maximum absolute atomic E-state index is 11.9. The molecule has 0 saturated carbocycles. The van der Waals surface area contributed by atoms with Crippen molar-refractivity contribution in [1.29, 1.82) is 0 Å². The van der Waals surface area contributed by atoms with Gasteiger partial charge < -0.3 is 15.4 Å². The standard InChI is InChI=1S/C14H19BrN2O2/c1-10-2-3-13(12(15)8-10)19-7-5-14(18)17-6-4-11(16)9-17/h2-3,8,11H,4-7,9,16H2,1H3/t11-/m1/s1. The lowest BCUT2D eigenvalue weighted by atomic mass is 10.2. The fraction of sp³-hybridized carbons (Fsp3) is 0.500. The smallest absolute Gasteiger partial charge is 0.226 e. The van der Waals surface area contributed by atoms with Crippen LogP contribution in [-0.2, 0) is 4.79 Å². The van der Waals surface area contributed by atoms with Gasteiger partial charge in [-0.25, -0.2) is 0 Å². The number of hydrogen-bond donors (Lipinski definition) is 1. The first-order valence-corrected chi connectivity index (χ1v) is 7.28. The van der Waals surface area contributed by atoms with Crippen LogP contribution in [0.25, 0.3) is 0 Å². The summed E-state index contributed by atoms with van der Waals surface area (Å²) < 4.78 is 6.54. The van der Waals surface area contributed by atoms with Crippen molar-refractivity contribution < 1.29 is 9.53 Å². The maximum atomic E-state index is 11.9. The Morgan fingerprint density at radius 1 is 1.58 bits per heavy atom. The Morgan fingerprint density at radius 3 is 3.00 bits per heavy atom. The van der Waals surface area contributed by atoms with Gasteiger partial charge in [0.25, 0.3) is 0 Å². The van der Waals surface area contributed by atoms with Crippen LogP contribution in [0, 0.1) is 6.92 Å². The van der Waals surface area contributed by atoms with E-state index in [-0.39, 0.29) is 11.9 Å². The van der Waals surface area contributed by atoms with E-state index in [9.17, 15) is 4.79 Å². The minimum Gasteiger partial charge on any atom is -0.492 e. The van der Waals surface area contributed by atoms with Crippen molar-refractivity contribution in [3.8, 4) is 5.75 Å². The number of hydrogen-bond acceptors (Lipinski definition) is 3. The SMILES string of the molecule is Cc1ccc(OCCC(=O)N2CC[C@@H](N)C2)c(Br)c1. The molecule has 1 aliphatic heterocycles. The second-order valence-electron chi connectivity index (χ2n) is 4.92. The molecular formula is C14H19BrN2O2. The third-order valence-electron chi connectivity index (χ3n) is 3.24. The molecule has 0 aliphatic carbocycles. The van der Waals surface area contributed by atoms with Crippen LogP contribution in [0.2, 0.25) is 0 Å². The highest BCUT2D eigenvalue weighted by Crippen LogP contribution is 2.25. The fourth-order valence-electron chi connectivity index (χ4n) is 2.14. The largest absolute Gasteiger partial charge is 0.492 e. The Kier molecular flexibility index (Phi) is 4.82. The molecule has 1 aliphatic rings. The van der Waals surface area contributed by atoms with Gasteiger partial charge in [-0.05, 0) is 47.0 Å². The maximum Gasteiger partial charge on any atom is 0.226 e. The van der Waals surface area contributed by atoms with Crippen LogP contribution in [0.4, 0.5) is 0 Å². The summed E-state index contributed by atoms with van der Waals surface area (Å²) in [5.41, 5.74) is 6.95. The van der Waals surface area contributed by atoms with E-state index in [1.54, 1.807) is 0 Å². The molecular weight excluding hydrogens is 308 g/mol. The lowest BCUT2D eigenvalue weighted by Gasteiger charge is -2.16. The highest BCUT2D eigenvalue weighted by Gasteiger charge is 2.23. The molecule has 0 spiro atoms. The quantitative estimate of drug-likeness (QED) is 0.921. The highest BCUT2D eigenvalue weighted by atomic mass is 79.9. The van der Waals surface area contributed by atoms with E-state index >= 15 is 0 Å². The molecule has 4 nitrogen and oxygen atoms in total. The minimum absolute atomic E-state index is 0.121. The van der Waals surface area contributed by atoms with Gasteiger partial charge in [-0.2, -0.15) is 0 Å². The molecule has 1 saturated heterocycles. The zero-order valence-electron chi connectivity index (χ0n) is 11.1. The van der Waals surface area contributed by atoms with Crippen molar-refractivity contribution in [2.45, 2.75) is 25.8 Å². The molecule has 1 aromatic carbocycles. The van der Waals surface area contributed by atoms with Crippen LogP contribution in [0.3, 0.4) is 0 Å². The first kappa shape index (κ1) is 14.3. The summed E-state index contributed by atoms with van der Waals surface area (Å²) in [5, 5.41) is 0. The summed E-state index contributed by atoms with van der Waals surface area (Å²) in [4.78, 5) is 13.7. The van der Waals surface area contributed by atoms with E-state index in [1.807, 2.05) is 30.0 Å². The predicted octanol–water partition coefficient (Wildman–Crippen LogP) is 2.09. The van der Waals surface area contributed by atoms with Crippen LogP contribution in [0.1, 0.15) is 18.4 Å². The van der Waals surface area contributed by atoms with Crippen molar-refractivity contribution in [2.75, 3.05) is 19.7 Å². The number of rotatable bonds is 4. The molecule has 19 heavy (non-hydrogen) atoms. The Bertz CT molecular complexity index is 465. The summed E-state index contributed by atoms with van der Waals surface area (Å²) in [6.45, 7) is 3.86. The van der Waals surface area contributed by atoms with E-state index in [0.29, 0.717) is 19.6 Å². The zero-order valence-corrected chi connectivity index (χ0v) is 12.6. The first-order valence-electron chi connectivity index (χ1n) is 6.48. The number of amides is 1. The molecule has 2 N–H and O–H groups in total. The van der Waals surface area contributed by atoms with Gasteiger partial charge in [0.15, 0.2) is 0 Å². The number of carbonyl (C=O) groups excluding carboxylic acids is 1. The van der Waals surface area contributed by atoms with Gasteiger partial charge in [-0.1, -0.05) is 6.07 Å². The van der Waals surface area contributed by atoms with Crippen LogP contribution in [0.5, 0.6) is 5.75 Å². The average molecular weight is 327 g/mol. The molecule has 1 fully saturated rings. The van der Waals surface area contributed by atoms with Gasteiger partial charge >= 0.3 is 0 Å². The average Bonchev–Trinajstić information content (AvgIpc) is 2.78. The van der Waals surface area contributed by atoms with Gasteiger partial charge in [0.2, 0.25) is 5.91 Å². The number of nitrogens with zero attached hydrogens (tertiary/aromatic N) is 1. The normalized spacial score (nSPS) is 18.7. The molecule has 1 atom stereocenters. The van der Waals surface area contributed by atoms with Crippen molar-refractivity contribution in [2.24, 2.45) is 5.73 Å². The summed E-state index contributed by atoms with van der Waals surface area (Å²) >= 11 is 3.45. The van der Waals surface area contributed by atoms with E-state index in [0.717, 1.165) is 23.2 Å². The predicted molar refractivity (Wildman–Crippen MR) is 78.2 cm³/mol. The van der Waals surface area contributed by atoms with Gasteiger partial charge in [0.05, 0.1) is 17.5 Å². The number of likely N-dealkylation sites (tertiary alicyclic amines) is 1. The van der Waals surface area contributed by atoms with Gasteiger partial charge in [0, 0.05) is 19.1 Å². The van der Waals surface area contributed by atoms with Crippen LogP contribution < -0.4 is 10.5 Å². The van der Waals surface area contributed by atoms with Gasteiger partial charge in [0.1, 0.15) is 5.75 Å². The second kappa shape index (κ2) is 6.39. The molecule has 1 amide bonds. The van der Waals surface area contributed by atoms with E-state index in [1.165, 1.54) is 5.56 Å². The van der Waals surface area contributed by atoms with Crippen molar-refractivity contribution >= 4 is 21.8 Å². The number of aryl methyl sites for hydroxylation is 1. The summed E-state index contributed by atoms with van der Waals surface area (Å²) in [6.07, 6.45) is 1.29. The van der Waals surface area contributed by atoms with Crippen molar-refractivity contribution in [3.63, 3.8) is 0 Å². The van der Waals surface area contributed by atoms with E-state index in [2.05, 4.69) is 15.9 Å². The zero-order chi connectivity index (χ0) is 13.8.